The molecule has 0 spiro atoms. The van der Waals surface area contributed by atoms with E-state index in [9.17, 15) is 4.79 Å². The average molecular weight is 319 g/mol. The van der Waals surface area contributed by atoms with Crippen LogP contribution in [0.25, 0.3) is 0 Å². The lowest BCUT2D eigenvalue weighted by molar-refractivity contribution is -0.116. The number of carbonyl (C=O) groups excluding carboxylic acids is 1. The first-order valence-electron chi connectivity index (χ1n) is 8.38. The first-order valence-corrected chi connectivity index (χ1v) is 8.38. The van der Waals surface area contributed by atoms with E-state index in [2.05, 4.69) is 40.6 Å². The van der Waals surface area contributed by atoms with Crippen molar-refractivity contribution >= 4 is 17.3 Å². The van der Waals surface area contributed by atoms with Crippen LogP contribution in [0.1, 0.15) is 30.4 Å². The number of nitrogens with one attached hydrogen (secondary N) is 1. The summed E-state index contributed by atoms with van der Waals surface area (Å²) in [6, 6.07) is 17.6. The summed E-state index contributed by atoms with van der Waals surface area (Å²) in [6.07, 6.45) is 3.69. The molecular formula is C20H21N3O. The Kier molecular flexibility index (Phi) is 5.12. The molecule has 1 aliphatic rings. The van der Waals surface area contributed by atoms with E-state index < -0.39 is 0 Å². The number of hydrogen-bond acceptors (Lipinski definition) is 3. The Bertz CT molecular complexity index is 740. The summed E-state index contributed by atoms with van der Waals surface area (Å²) in [6.45, 7) is 2.28. The van der Waals surface area contributed by atoms with Crippen LogP contribution in [0.5, 0.6) is 0 Å². The monoisotopic (exact) mass is 319 g/mol. The van der Waals surface area contributed by atoms with Crippen LogP contribution in [0.2, 0.25) is 0 Å². The van der Waals surface area contributed by atoms with Gasteiger partial charge in [-0.15, -0.1) is 0 Å². The predicted molar refractivity (Wildman–Crippen MR) is 96.0 cm³/mol. The van der Waals surface area contributed by atoms with E-state index in [-0.39, 0.29) is 5.91 Å². The van der Waals surface area contributed by atoms with E-state index >= 15 is 0 Å². The summed E-state index contributed by atoms with van der Waals surface area (Å²) in [4.78, 5) is 14.5. The zero-order valence-corrected chi connectivity index (χ0v) is 13.7. The lowest BCUT2D eigenvalue weighted by Crippen LogP contribution is -2.17. The highest BCUT2D eigenvalue weighted by Crippen LogP contribution is 2.21. The van der Waals surface area contributed by atoms with E-state index in [1.807, 2.05) is 0 Å². The van der Waals surface area contributed by atoms with Gasteiger partial charge in [0.2, 0.25) is 5.91 Å². The van der Waals surface area contributed by atoms with Gasteiger partial charge in [-0.3, -0.25) is 4.79 Å². The molecule has 0 bridgehead atoms. The Morgan fingerprint density at radius 1 is 1.12 bits per heavy atom. The van der Waals surface area contributed by atoms with Gasteiger partial charge in [0, 0.05) is 30.9 Å². The normalized spacial score (nSPS) is 13.5. The van der Waals surface area contributed by atoms with E-state index in [0.29, 0.717) is 24.1 Å². The van der Waals surface area contributed by atoms with Crippen molar-refractivity contribution < 1.29 is 4.79 Å². The summed E-state index contributed by atoms with van der Waals surface area (Å²) < 4.78 is 0. The molecule has 24 heavy (non-hydrogen) atoms. The second-order valence-corrected chi connectivity index (χ2v) is 6.10. The maximum atomic E-state index is 12.1. The van der Waals surface area contributed by atoms with Crippen molar-refractivity contribution in [3.8, 4) is 6.07 Å². The van der Waals surface area contributed by atoms with E-state index in [4.69, 9.17) is 5.26 Å². The Labute approximate surface area is 142 Å². The molecule has 0 unspecified atom stereocenters. The van der Waals surface area contributed by atoms with E-state index in [1.165, 1.54) is 24.1 Å². The highest BCUT2D eigenvalue weighted by Gasteiger charge is 2.12. The first kappa shape index (κ1) is 16.1. The number of nitriles is 1. The van der Waals surface area contributed by atoms with Gasteiger partial charge in [-0.1, -0.05) is 18.2 Å². The number of carbonyl (C=O) groups is 1. The van der Waals surface area contributed by atoms with Gasteiger partial charge in [0.05, 0.1) is 11.6 Å². The molecule has 0 aliphatic carbocycles. The largest absolute Gasteiger partial charge is 0.372 e. The molecule has 3 rings (SSSR count). The zero-order valence-electron chi connectivity index (χ0n) is 13.7. The van der Waals surface area contributed by atoms with Gasteiger partial charge in [0.15, 0.2) is 0 Å². The molecule has 1 saturated heterocycles. The molecule has 0 saturated carbocycles. The number of nitrogens with zero attached hydrogens (tertiary/aromatic N) is 2. The third-order valence-electron chi connectivity index (χ3n) is 4.32. The molecule has 4 heteroatoms. The van der Waals surface area contributed by atoms with Crippen molar-refractivity contribution in [3.63, 3.8) is 0 Å². The Balaban J connectivity index is 1.51. The van der Waals surface area contributed by atoms with Crippen LogP contribution >= 0.6 is 0 Å². The van der Waals surface area contributed by atoms with Gasteiger partial charge in [-0.25, -0.2) is 0 Å². The molecule has 0 aromatic heterocycles. The minimum Gasteiger partial charge on any atom is -0.372 e. The van der Waals surface area contributed by atoms with Crippen LogP contribution < -0.4 is 10.2 Å². The number of rotatable bonds is 5. The molecule has 1 heterocycles. The molecule has 4 nitrogen and oxygen atoms in total. The topological polar surface area (TPSA) is 56.1 Å². The molecule has 1 fully saturated rings. The highest BCUT2D eigenvalue weighted by molar-refractivity contribution is 5.91. The average Bonchev–Trinajstić information content (AvgIpc) is 3.15. The van der Waals surface area contributed by atoms with Crippen LogP contribution in [0, 0.1) is 11.3 Å². The van der Waals surface area contributed by atoms with E-state index in [1.54, 1.807) is 24.3 Å². The maximum absolute atomic E-state index is 12.1. The van der Waals surface area contributed by atoms with Crippen molar-refractivity contribution in [1.82, 2.24) is 0 Å². The van der Waals surface area contributed by atoms with Crippen molar-refractivity contribution in [2.24, 2.45) is 0 Å². The molecule has 1 aliphatic heterocycles. The van der Waals surface area contributed by atoms with Crippen LogP contribution in [0.4, 0.5) is 11.4 Å². The van der Waals surface area contributed by atoms with Gasteiger partial charge in [-0.2, -0.15) is 5.26 Å². The van der Waals surface area contributed by atoms with Crippen molar-refractivity contribution in [2.75, 3.05) is 23.3 Å². The quantitative estimate of drug-likeness (QED) is 0.913. The van der Waals surface area contributed by atoms with Crippen molar-refractivity contribution in [3.05, 3.63) is 59.7 Å². The maximum Gasteiger partial charge on any atom is 0.224 e. The lowest BCUT2D eigenvalue weighted by atomic mass is 10.1. The second-order valence-electron chi connectivity index (χ2n) is 6.10. The van der Waals surface area contributed by atoms with Crippen LogP contribution in [-0.2, 0) is 11.2 Å². The minimum absolute atomic E-state index is 0.0336. The third kappa shape index (κ3) is 4.14. The van der Waals surface area contributed by atoms with Gasteiger partial charge >= 0.3 is 0 Å². The number of anilines is 2. The predicted octanol–water partition coefficient (Wildman–Crippen LogP) is 3.73. The molecule has 1 N–H and O–H groups in total. The lowest BCUT2D eigenvalue weighted by Gasteiger charge is -2.17. The number of benzene rings is 2. The van der Waals surface area contributed by atoms with Gasteiger partial charge in [0.25, 0.3) is 0 Å². The number of hydrogen-bond donors (Lipinski definition) is 1. The zero-order chi connectivity index (χ0) is 16.8. The standard InChI is InChI=1S/C20H21N3O/c21-15-17-4-3-5-18(14-17)22-20(24)11-8-16-6-9-19(10-7-16)23-12-1-2-13-23/h3-7,9-10,14H,1-2,8,11-13H2,(H,22,24). The number of aryl methyl sites for hydroxylation is 1. The summed E-state index contributed by atoms with van der Waals surface area (Å²) in [5.41, 5.74) is 3.65. The van der Waals surface area contributed by atoms with E-state index in [0.717, 1.165) is 13.1 Å². The Morgan fingerprint density at radius 3 is 2.58 bits per heavy atom. The summed E-state index contributed by atoms with van der Waals surface area (Å²) >= 11 is 0. The molecule has 0 atom stereocenters. The Morgan fingerprint density at radius 2 is 1.88 bits per heavy atom. The molecular weight excluding hydrogens is 298 g/mol. The van der Waals surface area contributed by atoms with Crippen LogP contribution in [0.15, 0.2) is 48.5 Å². The van der Waals surface area contributed by atoms with Gasteiger partial charge in [-0.05, 0) is 55.2 Å². The SMILES string of the molecule is N#Cc1cccc(NC(=O)CCc2ccc(N3CCCC3)cc2)c1. The third-order valence-corrected chi connectivity index (χ3v) is 4.32. The fraction of sp³-hybridized carbons (Fsp3) is 0.300. The minimum atomic E-state index is -0.0336. The molecule has 0 radical (unpaired) electrons. The molecule has 2 aromatic rings. The number of amides is 1. The summed E-state index contributed by atoms with van der Waals surface area (Å²) in [5.74, 6) is -0.0336. The fourth-order valence-corrected chi connectivity index (χ4v) is 3.00. The highest BCUT2D eigenvalue weighted by atomic mass is 16.1. The second kappa shape index (κ2) is 7.65. The molecule has 122 valence electrons. The summed E-state index contributed by atoms with van der Waals surface area (Å²) in [7, 11) is 0. The molecule has 1 amide bonds. The van der Waals surface area contributed by atoms with Crippen molar-refractivity contribution in [1.29, 1.82) is 5.26 Å². The van der Waals surface area contributed by atoms with Crippen LogP contribution in [-0.4, -0.2) is 19.0 Å². The fourth-order valence-electron chi connectivity index (χ4n) is 3.00. The smallest absolute Gasteiger partial charge is 0.224 e. The summed E-state index contributed by atoms with van der Waals surface area (Å²) in [5, 5.41) is 11.7. The molecule has 2 aromatic carbocycles. The van der Waals surface area contributed by atoms with Gasteiger partial charge < -0.3 is 10.2 Å². The van der Waals surface area contributed by atoms with Gasteiger partial charge in [0.1, 0.15) is 0 Å². The van der Waals surface area contributed by atoms with Crippen LogP contribution in [0.3, 0.4) is 0 Å². The Hall–Kier alpha value is -2.80. The van der Waals surface area contributed by atoms with Crippen molar-refractivity contribution in [2.45, 2.75) is 25.7 Å². The first-order chi connectivity index (χ1) is 11.7.